The fourth-order valence-corrected chi connectivity index (χ4v) is 3.93. The van der Waals surface area contributed by atoms with Gasteiger partial charge in [-0.15, -0.1) is 0 Å². The van der Waals surface area contributed by atoms with Crippen molar-refractivity contribution >= 4 is 38.3 Å². The molecule has 0 atom stereocenters. The zero-order valence-electron chi connectivity index (χ0n) is 12.1. The monoisotopic (exact) mass is 303 g/mol. The Morgan fingerprint density at radius 1 is 1.29 bits per heavy atom. The average molecular weight is 303 g/mol. The summed E-state index contributed by atoms with van der Waals surface area (Å²) in [5.74, 6) is 0.631. The molecule has 0 radical (unpaired) electrons. The number of aromatic nitrogens is 1. The molecule has 1 aromatic carbocycles. The van der Waals surface area contributed by atoms with Crippen molar-refractivity contribution in [3.8, 4) is 0 Å². The van der Waals surface area contributed by atoms with Crippen molar-refractivity contribution in [2.45, 2.75) is 44.9 Å². The Bertz CT molecular complexity index is 629. The largest absolute Gasteiger partial charge is 0.399 e. The van der Waals surface area contributed by atoms with Gasteiger partial charge in [0.05, 0.1) is 10.2 Å². The average Bonchev–Trinajstić information content (AvgIpc) is 2.66. The zero-order valence-corrected chi connectivity index (χ0v) is 12.9. The first-order valence-electron chi connectivity index (χ1n) is 7.66. The Morgan fingerprint density at radius 2 is 2.05 bits per heavy atom. The van der Waals surface area contributed by atoms with Crippen molar-refractivity contribution in [2.24, 2.45) is 5.92 Å². The predicted octanol–water partition coefficient (Wildman–Crippen LogP) is 4.18. The standard InChI is InChI=1S/C16H21N3OS/c17-12-7-8-13-14(10-12)21-16(18-13)19-15(20)9-11-5-3-1-2-4-6-11/h7-8,10-11H,1-6,9,17H2,(H,18,19,20). The van der Waals surface area contributed by atoms with Gasteiger partial charge in [0.15, 0.2) is 5.13 Å². The summed E-state index contributed by atoms with van der Waals surface area (Å²) in [7, 11) is 0. The second kappa shape index (κ2) is 6.43. The quantitative estimate of drug-likeness (QED) is 0.660. The molecular weight excluding hydrogens is 282 g/mol. The first-order chi connectivity index (χ1) is 10.2. The van der Waals surface area contributed by atoms with E-state index in [0.29, 0.717) is 17.5 Å². The van der Waals surface area contributed by atoms with Gasteiger partial charge in [-0.3, -0.25) is 4.79 Å². The van der Waals surface area contributed by atoms with Crippen LogP contribution in [-0.2, 0) is 4.79 Å². The van der Waals surface area contributed by atoms with Crippen LogP contribution < -0.4 is 11.1 Å². The van der Waals surface area contributed by atoms with Crippen LogP contribution in [0.1, 0.15) is 44.9 Å². The number of anilines is 2. The van der Waals surface area contributed by atoms with Crippen molar-refractivity contribution in [2.75, 3.05) is 11.1 Å². The van der Waals surface area contributed by atoms with E-state index < -0.39 is 0 Å². The van der Waals surface area contributed by atoms with Crippen LogP contribution in [0.2, 0.25) is 0 Å². The summed E-state index contributed by atoms with van der Waals surface area (Å²) in [4.78, 5) is 16.6. The van der Waals surface area contributed by atoms with E-state index in [-0.39, 0.29) is 5.91 Å². The van der Waals surface area contributed by atoms with Gasteiger partial charge >= 0.3 is 0 Å². The topological polar surface area (TPSA) is 68.0 Å². The molecule has 0 spiro atoms. The van der Waals surface area contributed by atoms with E-state index in [2.05, 4.69) is 10.3 Å². The summed E-state index contributed by atoms with van der Waals surface area (Å²) in [6, 6.07) is 5.62. The molecule has 1 amide bonds. The lowest BCUT2D eigenvalue weighted by atomic mass is 9.96. The number of carbonyl (C=O) groups is 1. The Kier molecular flexibility index (Phi) is 4.39. The summed E-state index contributed by atoms with van der Waals surface area (Å²) in [6.45, 7) is 0. The molecule has 1 fully saturated rings. The van der Waals surface area contributed by atoms with E-state index in [0.717, 1.165) is 15.9 Å². The van der Waals surface area contributed by atoms with Gasteiger partial charge in [0.1, 0.15) is 0 Å². The smallest absolute Gasteiger partial charge is 0.226 e. The van der Waals surface area contributed by atoms with Gasteiger partial charge in [0.2, 0.25) is 5.91 Å². The number of carbonyl (C=O) groups excluding carboxylic acids is 1. The molecule has 0 bridgehead atoms. The number of nitrogens with one attached hydrogen (secondary N) is 1. The molecule has 0 aliphatic heterocycles. The lowest BCUT2D eigenvalue weighted by molar-refractivity contribution is -0.117. The summed E-state index contributed by atoms with van der Waals surface area (Å²) in [6.07, 6.45) is 8.15. The normalized spacial score (nSPS) is 16.8. The highest BCUT2D eigenvalue weighted by Gasteiger charge is 2.17. The Labute approximate surface area is 128 Å². The number of nitrogens with two attached hydrogens (primary N) is 1. The molecule has 1 aliphatic carbocycles. The number of benzene rings is 1. The van der Waals surface area contributed by atoms with Crippen molar-refractivity contribution in [3.63, 3.8) is 0 Å². The minimum absolute atomic E-state index is 0.0916. The molecule has 1 aromatic heterocycles. The minimum Gasteiger partial charge on any atom is -0.399 e. The Balaban J connectivity index is 1.62. The van der Waals surface area contributed by atoms with E-state index in [9.17, 15) is 4.79 Å². The molecule has 5 heteroatoms. The molecular formula is C16H21N3OS. The van der Waals surface area contributed by atoms with Crippen LogP contribution in [-0.4, -0.2) is 10.9 Å². The summed E-state index contributed by atoms with van der Waals surface area (Å²) in [5, 5.41) is 3.62. The van der Waals surface area contributed by atoms with E-state index in [1.807, 2.05) is 18.2 Å². The fourth-order valence-electron chi connectivity index (χ4n) is 3.00. The maximum Gasteiger partial charge on any atom is 0.226 e. The molecule has 2 aromatic rings. The van der Waals surface area contributed by atoms with Crippen LogP contribution in [0.15, 0.2) is 18.2 Å². The number of nitrogen functional groups attached to an aromatic ring is 1. The first-order valence-corrected chi connectivity index (χ1v) is 8.48. The first kappa shape index (κ1) is 14.3. The molecule has 3 N–H and O–H groups in total. The number of fused-ring (bicyclic) bond motifs is 1. The van der Waals surface area contributed by atoms with Crippen LogP contribution in [0.5, 0.6) is 0 Å². The maximum atomic E-state index is 12.2. The summed E-state index contributed by atoms with van der Waals surface area (Å²) >= 11 is 1.48. The van der Waals surface area contributed by atoms with E-state index in [1.54, 1.807) is 0 Å². The second-order valence-corrected chi connectivity index (χ2v) is 6.89. The number of amides is 1. The van der Waals surface area contributed by atoms with Crippen LogP contribution in [0, 0.1) is 5.92 Å². The van der Waals surface area contributed by atoms with E-state index in [4.69, 9.17) is 5.73 Å². The molecule has 3 rings (SSSR count). The highest BCUT2D eigenvalue weighted by Crippen LogP contribution is 2.29. The van der Waals surface area contributed by atoms with Crippen LogP contribution >= 0.6 is 11.3 Å². The third-order valence-electron chi connectivity index (χ3n) is 4.11. The van der Waals surface area contributed by atoms with Gasteiger partial charge in [-0.05, 0) is 37.0 Å². The van der Waals surface area contributed by atoms with Crippen LogP contribution in [0.25, 0.3) is 10.2 Å². The third-order valence-corrected chi connectivity index (χ3v) is 5.04. The van der Waals surface area contributed by atoms with Crippen molar-refractivity contribution in [1.82, 2.24) is 4.98 Å². The highest BCUT2D eigenvalue weighted by molar-refractivity contribution is 7.22. The van der Waals surface area contributed by atoms with Crippen LogP contribution in [0.4, 0.5) is 10.8 Å². The second-order valence-electron chi connectivity index (χ2n) is 5.86. The minimum atomic E-state index is 0.0916. The molecule has 0 unspecified atom stereocenters. The number of hydrogen-bond acceptors (Lipinski definition) is 4. The summed E-state index contributed by atoms with van der Waals surface area (Å²) in [5.41, 5.74) is 7.38. The maximum absolute atomic E-state index is 12.2. The van der Waals surface area contributed by atoms with Crippen molar-refractivity contribution in [3.05, 3.63) is 18.2 Å². The van der Waals surface area contributed by atoms with Crippen LogP contribution in [0.3, 0.4) is 0 Å². The molecule has 1 heterocycles. The van der Waals surface area contributed by atoms with Gasteiger partial charge in [0.25, 0.3) is 0 Å². The van der Waals surface area contributed by atoms with Gasteiger partial charge in [-0.1, -0.05) is 37.0 Å². The lowest BCUT2D eigenvalue weighted by Crippen LogP contribution is -2.16. The molecule has 1 saturated carbocycles. The number of thiazole rings is 1. The fraction of sp³-hybridized carbons (Fsp3) is 0.500. The Hall–Kier alpha value is -1.62. The van der Waals surface area contributed by atoms with Crippen molar-refractivity contribution in [1.29, 1.82) is 0 Å². The van der Waals surface area contributed by atoms with Gasteiger partial charge in [0, 0.05) is 12.1 Å². The number of hydrogen-bond donors (Lipinski definition) is 2. The lowest BCUT2D eigenvalue weighted by Gasteiger charge is -2.12. The molecule has 0 saturated heterocycles. The van der Waals surface area contributed by atoms with Gasteiger partial charge in [-0.2, -0.15) is 0 Å². The predicted molar refractivity (Wildman–Crippen MR) is 88.5 cm³/mol. The molecule has 21 heavy (non-hydrogen) atoms. The van der Waals surface area contributed by atoms with Gasteiger partial charge < -0.3 is 11.1 Å². The Morgan fingerprint density at radius 3 is 2.81 bits per heavy atom. The van der Waals surface area contributed by atoms with Crippen molar-refractivity contribution < 1.29 is 4.79 Å². The molecule has 1 aliphatic rings. The van der Waals surface area contributed by atoms with E-state index in [1.165, 1.54) is 49.9 Å². The van der Waals surface area contributed by atoms with Gasteiger partial charge in [-0.25, -0.2) is 4.98 Å². The summed E-state index contributed by atoms with van der Waals surface area (Å²) < 4.78 is 1.01. The van der Waals surface area contributed by atoms with E-state index >= 15 is 0 Å². The number of nitrogens with zero attached hydrogens (tertiary/aromatic N) is 1. The zero-order chi connectivity index (χ0) is 14.7. The third kappa shape index (κ3) is 3.73. The highest BCUT2D eigenvalue weighted by atomic mass is 32.1. The SMILES string of the molecule is Nc1ccc2nc(NC(=O)CC3CCCCCC3)sc2c1. The molecule has 4 nitrogen and oxygen atoms in total. The number of rotatable bonds is 3. The molecule has 112 valence electrons.